The summed E-state index contributed by atoms with van der Waals surface area (Å²) in [4.78, 5) is 15.1. The second-order valence-electron chi connectivity index (χ2n) is 8.97. The highest BCUT2D eigenvalue weighted by molar-refractivity contribution is 7.92. The molecule has 1 fully saturated rings. The van der Waals surface area contributed by atoms with Crippen molar-refractivity contribution in [2.24, 2.45) is 5.92 Å². The monoisotopic (exact) mass is 376 g/mol. The summed E-state index contributed by atoms with van der Waals surface area (Å²) < 4.78 is 25.6. The van der Waals surface area contributed by atoms with E-state index in [1.165, 1.54) is 12.1 Å². The summed E-state index contributed by atoms with van der Waals surface area (Å²) in [6.07, 6.45) is 0.736. The Labute approximate surface area is 156 Å². The third-order valence-electron chi connectivity index (χ3n) is 4.67. The summed E-state index contributed by atoms with van der Waals surface area (Å²) in [7, 11) is -3.52. The van der Waals surface area contributed by atoms with Crippen LogP contribution in [0.1, 0.15) is 64.7 Å². The molecule has 0 heterocycles. The number of hydrogen-bond donors (Lipinski definition) is 0. The van der Waals surface area contributed by atoms with E-state index in [-0.39, 0.29) is 16.7 Å². The second-order valence-corrected chi connectivity index (χ2v) is 11.2. The van der Waals surface area contributed by atoms with Gasteiger partial charge in [-0.25, -0.2) is 8.42 Å². The maximum Gasteiger partial charge on any atom is 0.254 e. The van der Waals surface area contributed by atoms with Gasteiger partial charge >= 0.3 is 0 Å². The molecule has 0 radical (unpaired) electrons. The predicted octanol–water partition coefficient (Wildman–Crippen LogP) is 3.80. The minimum atomic E-state index is -3.52. The van der Waals surface area contributed by atoms with Gasteiger partial charge in [0.25, 0.3) is 5.91 Å². The summed E-state index contributed by atoms with van der Waals surface area (Å²) in [5.74, 6) is -0.373. The number of carbonyl (C=O) groups is 1. The Morgan fingerprint density at radius 2 is 1.65 bits per heavy atom. The lowest BCUT2D eigenvalue weighted by atomic mass is 9.86. The topological polar surface area (TPSA) is 78.2 Å². The average molecular weight is 377 g/mol. The Balaban J connectivity index is 2.37. The zero-order valence-corrected chi connectivity index (χ0v) is 17.2. The standard InChI is InChI=1S/C20H28N2O3S/c1-19(2,3)22(20(4,5)6)18(23)15-8-7-9-16(12-15)26(24,25)17-10-14(11-17)13-21/h7-9,12,14,17H,10-11H2,1-6H3/t14-,17-. The molecule has 0 saturated heterocycles. The van der Waals surface area contributed by atoms with Crippen molar-refractivity contribution in [1.29, 1.82) is 5.26 Å². The molecule has 0 unspecified atom stereocenters. The van der Waals surface area contributed by atoms with E-state index < -0.39 is 26.2 Å². The Kier molecular flexibility index (Phi) is 5.26. The van der Waals surface area contributed by atoms with Crippen LogP contribution in [0.2, 0.25) is 0 Å². The van der Waals surface area contributed by atoms with Crippen molar-refractivity contribution in [3.63, 3.8) is 0 Å². The SMILES string of the molecule is CC(C)(C)N(C(=O)c1cccc(S(=O)(=O)[C@H]2C[C@H](C#N)C2)c1)C(C)(C)C. The Hall–Kier alpha value is -1.87. The molecule has 2 rings (SSSR count). The Morgan fingerprint density at radius 3 is 2.12 bits per heavy atom. The van der Waals surface area contributed by atoms with Gasteiger partial charge in [0.05, 0.1) is 16.2 Å². The first-order valence-corrected chi connectivity index (χ1v) is 10.4. The second kappa shape index (κ2) is 6.70. The molecule has 5 nitrogen and oxygen atoms in total. The van der Waals surface area contributed by atoms with Crippen molar-refractivity contribution < 1.29 is 13.2 Å². The molecular weight excluding hydrogens is 348 g/mol. The minimum Gasteiger partial charge on any atom is -0.329 e. The van der Waals surface area contributed by atoms with E-state index in [4.69, 9.17) is 5.26 Å². The van der Waals surface area contributed by atoms with Crippen LogP contribution in [0.3, 0.4) is 0 Å². The maximum absolute atomic E-state index is 13.2. The van der Waals surface area contributed by atoms with Gasteiger partial charge in [-0.2, -0.15) is 5.26 Å². The summed E-state index contributed by atoms with van der Waals surface area (Å²) >= 11 is 0. The number of benzene rings is 1. The molecule has 1 aromatic rings. The summed E-state index contributed by atoms with van der Waals surface area (Å²) in [5.41, 5.74) is -0.441. The molecular formula is C20H28N2O3S. The fraction of sp³-hybridized carbons (Fsp3) is 0.600. The largest absolute Gasteiger partial charge is 0.329 e. The molecule has 142 valence electrons. The highest BCUT2D eigenvalue weighted by Crippen LogP contribution is 2.36. The third-order valence-corrected chi connectivity index (χ3v) is 6.84. The van der Waals surface area contributed by atoms with E-state index in [0.29, 0.717) is 18.4 Å². The van der Waals surface area contributed by atoms with Gasteiger partial charge in [0.2, 0.25) is 0 Å². The zero-order valence-electron chi connectivity index (χ0n) is 16.4. The normalized spacial score (nSPS) is 20.8. The van der Waals surface area contributed by atoms with Gasteiger partial charge < -0.3 is 4.90 Å². The van der Waals surface area contributed by atoms with E-state index in [1.807, 2.05) is 41.5 Å². The van der Waals surface area contributed by atoms with Crippen molar-refractivity contribution in [3.05, 3.63) is 29.8 Å². The highest BCUT2D eigenvalue weighted by atomic mass is 32.2. The van der Waals surface area contributed by atoms with E-state index in [9.17, 15) is 13.2 Å². The molecule has 26 heavy (non-hydrogen) atoms. The lowest BCUT2D eigenvalue weighted by Crippen LogP contribution is -2.55. The lowest BCUT2D eigenvalue weighted by Gasteiger charge is -2.45. The first-order chi connectivity index (χ1) is 11.8. The van der Waals surface area contributed by atoms with Crippen LogP contribution in [0.5, 0.6) is 0 Å². The fourth-order valence-electron chi connectivity index (χ4n) is 3.67. The van der Waals surface area contributed by atoms with Gasteiger partial charge in [-0.1, -0.05) is 6.07 Å². The average Bonchev–Trinajstić information content (AvgIpc) is 2.43. The van der Waals surface area contributed by atoms with Crippen LogP contribution >= 0.6 is 0 Å². The number of carbonyl (C=O) groups excluding carboxylic acids is 1. The molecule has 0 aliphatic heterocycles. The molecule has 1 aliphatic carbocycles. The summed E-state index contributed by atoms with van der Waals surface area (Å²) in [6.45, 7) is 11.8. The van der Waals surface area contributed by atoms with Crippen molar-refractivity contribution in [2.75, 3.05) is 0 Å². The number of hydrogen-bond acceptors (Lipinski definition) is 4. The van der Waals surface area contributed by atoms with Gasteiger partial charge in [-0.15, -0.1) is 0 Å². The molecule has 1 aliphatic rings. The van der Waals surface area contributed by atoms with Crippen LogP contribution in [-0.2, 0) is 9.84 Å². The first-order valence-electron chi connectivity index (χ1n) is 8.86. The van der Waals surface area contributed by atoms with Crippen LogP contribution in [0.25, 0.3) is 0 Å². The van der Waals surface area contributed by atoms with Gasteiger partial charge in [-0.3, -0.25) is 4.79 Å². The third kappa shape index (κ3) is 3.93. The molecule has 1 saturated carbocycles. The fourth-order valence-corrected chi connectivity index (χ4v) is 5.58. The maximum atomic E-state index is 13.2. The predicted molar refractivity (Wildman–Crippen MR) is 101 cm³/mol. The first kappa shape index (κ1) is 20.4. The smallest absolute Gasteiger partial charge is 0.254 e. The molecule has 0 bridgehead atoms. The van der Waals surface area contributed by atoms with Gasteiger partial charge in [0, 0.05) is 22.6 Å². The molecule has 6 heteroatoms. The number of nitrogens with zero attached hydrogens (tertiary/aromatic N) is 2. The van der Waals surface area contributed by atoms with Crippen LogP contribution < -0.4 is 0 Å². The summed E-state index contributed by atoms with van der Waals surface area (Å²) in [5, 5.41) is 8.35. The quantitative estimate of drug-likeness (QED) is 0.804. The zero-order chi connectivity index (χ0) is 19.9. The van der Waals surface area contributed by atoms with Gasteiger partial charge in [0.15, 0.2) is 9.84 Å². The molecule has 0 N–H and O–H groups in total. The number of sulfone groups is 1. The van der Waals surface area contributed by atoms with E-state index in [1.54, 1.807) is 17.0 Å². The lowest BCUT2D eigenvalue weighted by molar-refractivity contribution is 0.0270. The Morgan fingerprint density at radius 1 is 1.12 bits per heavy atom. The van der Waals surface area contributed by atoms with Crippen LogP contribution in [0, 0.1) is 17.2 Å². The van der Waals surface area contributed by atoms with E-state index in [2.05, 4.69) is 6.07 Å². The number of rotatable bonds is 3. The van der Waals surface area contributed by atoms with Crippen LogP contribution in [-0.4, -0.2) is 35.6 Å². The highest BCUT2D eigenvalue weighted by Gasteiger charge is 2.40. The summed E-state index contributed by atoms with van der Waals surface area (Å²) in [6, 6.07) is 8.39. The van der Waals surface area contributed by atoms with Crippen molar-refractivity contribution in [2.45, 2.75) is 75.6 Å². The van der Waals surface area contributed by atoms with E-state index >= 15 is 0 Å². The molecule has 1 amide bonds. The van der Waals surface area contributed by atoms with Crippen molar-refractivity contribution in [1.82, 2.24) is 4.90 Å². The number of nitriles is 1. The van der Waals surface area contributed by atoms with Crippen molar-refractivity contribution >= 4 is 15.7 Å². The number of amides is 1. The minimum absolute atomic E-state index is 0.160. The molecule has 0 atom stereocenters. The molecule has 0 aromatic heterocycles. The van der Waals surface area contributed by atoms with Crippen LogP contribution in [0.4, 0.5) is 0 Å². The van der Waals surface area contributed by atoms with Crippen molar-refractivity contribution in [3.8, 4) is 6.07 Å². The van der Waals surface area contributed by atoms with Gasteiger partial charge in [0.1, 0.15) is 0 Å². The van der Waals surface area contributed by atoms with Gasteiger partial charge in [-0.05, 0) is 72.6 Å². The van der Waals surface area contributed by atoms with Crippen LogP contribution in [0.15, 0.2) is 29.2 Å². The molecule has 1 aromatic carbocycles. The van der Waals surface area contributed by atoms with E-state index in [0.717, 1.165) is 0 Å². The molecule has 0 spiro atoms. The Bertz CT molecular complexity index is 819.